The topological polar surface area (TPSA) is 64.1 Å². The maximum absolute atomic E-state index is 12.1. The molecule has 0 radical (unpaired) electrons. The van der Waals surface area contributed by atoms with Gasteiger partial charge < -0.3 is 10.1 Å². The molecule has 0 aliphatic rings. The van der Waals surface area contributed by atoms with Crippen LogP contribution in [0.1, 0.15) is 33.4 Å². The third-order valence-corrected chi connectivity index (χ3v) is 3.43. The van der Waals surface area contributed by atoms with E-state index >= 15 is 0 Å². The van der Waals surface area contributed by atoms with Gasteiger partial charge >= 0.3 is 0 Å². The molecule has 0 saturated heterocycles. The number of ether oxygens (including phenoxy) is 1. The number of nitrogens with one attached hydrogen (secondary N) is 1. The number of carbonyl (C=O) groups is 1. The Morgan fingerprint density at radius 2 is 1.78 bits per heavy atom. The first-order valence-corrected chi connectivity index (χ1v) is 7.71. The lowest BCUT2D eigenvalue weighted by Gasteiger charge is -2.17. The Morgan fingerprint density at radius 3 is 2.30 bits per heavy atom. The molecule has 0 aliphatic heterocycles. The summed E-state index contributed by atoms with van der Waals surface area (Å²) in [6.07, 6.45) is -0.666. The summed E-state index contributed by atoms with van der Waals surface area (Å²) in [5.74, 6) is 0.679. The van der Waals surface area contributed by atoms with E-state index in [1.54, 1.807) is 37.3 Å². The molecule has 122 valence electrons. The number of benzene rings is 1. The van der Waals surface area contributed by atoms with Gasteiger partial charge in [0, 0.05) is 10.4 Å². The summed E-state index contributed by atoms with van der Waals surface area (Å²) in [6, 6.07) is 10.4. The van der Waals surface area contributed by atoms with E-state index in [0.29, 0.717) is 16.6 Å². The number of hydrogen-bond donors (Lipinski definition) is 1. The predicted octanol–water partition coefficient (Wildman–Crippen LogP) is 3.83. The maximum atomic E-state index is 12.1. The first-order valence-electron chi connectivity index (χ1n) is 7.33. The Hall–Kier alpha value is -2.14. The summed E-state index contributed by atoms with van der Waals surface area (Å²) in [6.45, 7) is 7.83. The Morgan fingerprint density at radius 1 is 1.13 bits per heavy atom. The SMILES string of the molecule is CC(Oc1ccc(Cl)cc1)C(=O)Nc1ccc(C(C)(C)C)nn1. The van der Waals surface area contributed by atoms with Crippen LogP contribution in [0.3, 0.4) is 0 Å². The zero-order valence-electron chi connectivity index (χ0n) is 13.6. The van der Waals surface area contributed by atoms with Gasteiger partial charge in [0.2, 0.25) is 0 Å². The van der Waals surface area contributed by atoms with Gasteiger partial charge in [-0.1, -0.05) is 32.4 Å². The molecule has 23 heavy (non-hydrogen) atoms. The number of carbonyl (C=O) groups excluding carboxylic acids is 1. The molecule has 2 rings (SSSR count). The van der Waals surface area contributed by atoms with Crippen molar-refractivity contribution in [2.24, 2.45) is 0 Å². The first kappa shape index (κ1) is 17.2. The highest BCUT2D eigenvalue weighted by molar-refractivity contribution is 6.30. The molecule has 1 unspecified atom stereocenters. The molecule has 1 heterocycles. The van der Waals surface area contributed by atoms with Crippen molar-refractivity contribution in [1.82, 2.24) is 10.2 Å². The average Bonchev–Trinajstić information content (AvgIpc) is 2.49. The lowest BCUT2D eigenvalue weighted by Crippen LogP contribution is -2.30. The Labute approximate surface area is 141 Å². The van der Waals surface area contributed by atoms with Crippen molar-refractivity contribution in [1.29, 1.82) is 0 Å². The second kappa shape index (κ2) is 6.96. The van der Waals surface area contributed by atoms with E-state index in [9.17, 15) is 4.79 Å². The molecule has 0 fully saturated rings. The molecule has 1 aromatic carbocycles. The van der Waals surface area contributed by atoms with E-state index in [2.05, 4.69) is 36.3 Å². The summed E-state index contributed by atoms with van der Waals surface area (Å²) in [7, 11) is 0. The van der Waals surface area contributed by atoms with E-state index in [-0.39, 0.29) is 11.3 Å². The van der Waals surface area contributed by atoms with Crippen LogP contribution in [-0.2, 0) is 10.2 Å². The van der Waals surface area contributed by atoms with Crippen LogP contribution in [0.4, 0.5) is 5.82 Å². The molecule has 0 bridgehead atoms. The fourth-order valence-electron chi connectivity index (χ4n) is 1.80. The van der Waals surface area contributed by atoms with Crippen LogP contribution in [0.2, 0.25) is 5.02 Å². The number of aromatic nitrogens is 2. The number of anilines is 1. The second-order valence-corrected chi connectivity index (χ2v) is 6.69. The number of amides is 1. The van der Waals surface area contributed by atoms with E-state index in [4.69, 9.17) is 16.3 Å². The van der Waals surface area contributed by atoms with Gasteiger partial charge in [0.25, 0.3) is 5.91 Å². The molecule has 0 spiro atoms. The van der Waals surface area contributed by atoms with Gasteiger partial charge in [0.05, 0.1) is 5.69 Å². The van der Waals surface area contributed by atoms with Gasteiger partial charge in [-0.2, -0.15) is 5.10 Å². The van der Waals surface area contributed by atoms with Gasteiger partial charge in [0.15, 0.2) is 11.9 Å². The van der Waals surface area contributed by atoms with Gasteiger partial charge in [-0.05, 0) is 43.3 Å². The van der Waals surface area contributed by atoms with Crippen molar-refractivity contribution in [3.05, 3.63) is 47.1 Å². The van der Waals surface area contributed by atoms with Gasteiger partial charge in [-0.15, -0.1) is 5.10 Å². The van der Waals surface area contributed by atoms with Crippen molar-refractivity contribution in [3.63, 3.8) is 0 Å². The maximum Gasteiger partial charge on any atom is 0.266 e. The van der Waals surface area contributed by atoms with E-state index in [1.165, 1.54) is 0 Å². The smallest absolute Gasteiger partial charge is 0.266 e. The number of nitrogens with zero attached hydrogens (tertiary/aromatic N) is 2. The zero-order valence-corrected chi connectivity index (χ0v) is 14.4. The molecule has 5 nitrogen and oxygen atoms in total. The van der Waals surface area contributed by atoms with Crippen molar-refractivity contribution in [3.8, 4) is 5.75 Å². The summed E-state index contributed by atoms with van der Waals surface area (Å²) < 4.78 is 5.56. The highest BCUT2D eigenvalue weighted by atomic mass is 35.5. The normalized spacial score (nSPS) is 12.6. The molecule has 1 atom stereocenters. The van der Waals surface area contributed by atoms with Crippen LogP contribution in [0.15, 0.2) is 36.4 Å². The van der Waals surface area contributed by atoms with E-state index < -0.39 is 6.10 Å². The lowest BCUT2D eigenvalue weighted by molar-refractivity contribution is -0.122. The molecule has 1 aromatic heterocycles. The fourth-order valence-corrected chi connectivity index (χ4v) is 1.92. The highest BCUT2D eigenvalue weighted by Crippen LogP contribution is 2.20. The van der Waals surface area contributed by atoms with E-state index in [0.717, 1.165) is 5.69 Å². The molecule has 1 amide bonds. The summed E-state index contributed by atoms with van der Waals surface area (Å²) in [5.41, 5.74) is 0.779. The number of rotatable bonds is 4. The fraction of sp³-hybridized carbons (Fsp3) is 0.353. The van der Waals surface area contributed by atoms with Crippen molar-refractivity contribution in [2.45, 2.75) is 39.2 Å². The van der Waals surface area contributed by atoms with Crippen molar-refractivity contribution < 1.29 is 9.53 Å². The summed E-state index contributed by atoms with van der Waals surface area (Å²) >= 11 is 5.81. The second-order valence-electron chi connectivity index (χ2n) is 6.26. The third-order valence-electron chi connectivity index (χ3n) is 3.18. The Kier molecular flexibility index (Phi) is 5.21. The van der Waals surface area contributed by atoms with Gasteiger partial charge in [-0.25, -0.2) is 0 Å². The predicted molar refractivity (Wildman–Crippen MR) is 90.9 cm³/mol. The minimum absolute atomic E-state index is 0.0828. The van der Waals surface area contributed by atoms with Crippen LogP contribution in [0, 0.1) is 0 Å². The summed E-state index contributed by atoms with van der Waals surface area (Å²) in [4.78, 5) is 12.1. The molecule has 2 aromatic rings. The third kappa shape index (κ3) is 4.93. The van der Waals surface area contributed by atoms with Crippen LogP contribution in [0.5, 0.6) is 5.75 Å². The zero-order chi connectivity index (χ0) is 17.0. The van der Waals surface area contributed by atoms with Crippen molar-refractivity contribution >= 4 is 23.3 Å². The molecular formula is C17H20ClN3O2. The van der Waals surface area contributed by atoms with Gasteiger partial charge in [0.1, 0.15) is 5.75 Å². The van der Waals surface area contributed by atoms with Crippen molar-refractivity contribution in [2.75, 3.05) is 5.32 Å². The largest absolute Gasteiger partial charge is 0.481 e. The lowest BCUT2D eigenvalue weighted by atomic mass is 9.92. The monoisotopic (exact) mass is 333 g/mol. The van der Waals surface area contributed by atoms with E-state index in [1.807, 2.05) is 6.07 Å². The first-order chi connectivity index (χ1) is 10.8. The Bertz CT molecular complexity index is 664. The minimum atomic E-state index is -0.666. The van der Waals surface area contributed by atoms with Crippen LogP contribution < -0.4 is 10.1 Å². The minimum Gasteiger partial charge on any atom is -0.481 e. The highest BCUT2D eigenvalue weighted by Gasteiger charge is 2.18. The molecular weight excluding hydrogens is 314 g/mol. The summed E-state index contributed by atoms with van der Waals surface area (Å²) in [5, 5.41) is 11.5. The molecule has 6 heteroatoms. The van der Waals surface area contributed by atoms with Crippen LogP contribution >= 0.6 is 11.6 Å². The molecule has 1 N–H and O–H groups in total. The van der Waals surface area contributed by atoms with Gasteiger partial charge in [-0.3, -0.25) is 4.79 Å². The number of hydrogen-bond acceptors (Lipinski definition) is 4. The standard InChI is InChI=1S/C17H20ClN3O2/c1-11(23-13-7-5-12(18)6-8-13)16(22)19-15-10-9-14(20-21-15)17(2,3)4/h5-11H,1-4H3,(H,19,21,22). The van der Waals surface area contributed by atoms with Crippen LogP contribution in [-0.4, -0.2) is 22.2 Å². The molecule has 0 saturated carbocycles. The number of halogens is 1. The quantitative estimate of drug-likeness (QED) is 0.923. The Balaban J connectivity index is 1.96. The molecule has 0 aliphatic carbocycles. The average molecular weight is 334 g/mol. The van der Waals surface area contributed by atoms with Crippen LogP contribution in [0.25, 0.3) is 0 Å².